The maximum Gasteiger partial charge on any atom is 0.331 e. The number of aromatic nitrogens is 2. The van der Waals surface area contributed by atoms with Gasteiger partial charge < -0.3 is 4.52 Å². The molecule has 0 N–H and O–H groups in total. The van der Waals surface area contributed by atoms with Crippen molar-refractivity contribution in [3.63, 3.8) is 0 Å². The average molecular weight is 570 g/mol. The van der Waals surface area contributed by atoms with Crippen LogP contribution in [0, 0.1) is 0 Å². The molecule has 5 nitrogen and oxygen atoms in total. The van der Waals surface area contributed by atoms with E-state index in [2.05, 4.69) is 53.9 Å². The Hall–Kier alpha value is 0.720. The van der Waals surface area contributed by atoms with Gasteiger partial charge in [-0.1, -0.05) is 15.9 Å². The molecular weight excluding hydrogens is 558 g/mol. The smallest absolute Gasteiger partial charge is 0.331 e. The predicted octanol–water partition coefficient (Wildman–Crippen LogP) is 3.77. The first-order valence-electron chi connectivity index (χ1n) is 5.97. The zero-order valence-corrected chi connectivity index (χ0v) is 18.1. The van der Waals surface area contributed by atoms with Crippen LogP contribution in [0.15, 0.2) is 13.4 Å². The minimum Gasteiger partial charge on any atom is -0.352 e. The quantitative estimate of drug-likeness (QED) is 0.230. The van der Waals surface area contributed by atoms with Gasteiger partial charge in [0.05, 0.1) is 22.2 Å². The van der Waals surface area contributed by atoms with Crippen molar-refractivity contribution in [3.05, 3.63) is 30.2 Å². The number of aryl methyl sites for hydroxylation is 1. The average Bonchev–Trinajstić information content (AvgIpc) is 2.81. The second kappa shape index (κ2) is 8.01. The SMILES string of the molecule is Cn1c(=O)n(CCCOPI)c(=O)c2c(CBr)c(Br)sc21. The maximum absolute atomic E-state index is 12.6. The molecule has 0 saturated heterocycles. The monoisotopic (exact) mass is 568 g/mol. The minimum absolute atomic E-state index is 0.221. The fraction of sp³-hybridized carbons (Fsp3) is 0.455. The topological polar surface area (TPSA) is 53.2 Å². The summed E-state index contributed by atoms with van der Waals surface area (Å²) in [6.45, 7) is 1.31. The van der Waals surface area contributed by atoms with Crippen molar-refractivity contribution in [2.24, 2.45) is 7.05 Å². The van der Waals surface area contributed by atoms with E-state index in [1.165, 1.54) is 15.9 Å². The van der Waals surface area contributed by atoms with E-state index in [0.29, 0.717) is 41.6 Å². The van der Waals surface area contributed by atoms with Crippen LogP contribution in [0.25, 0.3) is 10.2 Å². The highest BCUT2D eigenvalue weighted by molar-refractivity contribution is 14.2. The van der Waals surface area contributed by atoms with Crippen LogP contribution >= 0.6 is 71.7 Å². The normalized spacial score (nSPS) is 12.0. The van der Waals surface area contributed by atoms with E-state index in [1.807, 2.05) is 0 Å². The molecule has 0 saturated carbocycles. The Morgan fingerprint density at radius 1 is 1.43 bits per heavy atom. The van der Waals surface area contributed by atoms with E-state index < -0.39 is 0 Å². The predicted molar refractivity (Wildman–Crippen MR) is 105 cm³/mol. The van der Waals surface area contributed by atoms with Gasteiger partial charge in [0.1, 0.15) is 4.83 Å². The number of hydrogen-bond donors (Lipinski definition) is 0. The summed E-state index contributed by atoms with van der Waals surface area (Å²) < 4.78 is 9.00. The zero-order chi connectivity index (χ0) is 15.6. The van der Waals surface area contributed by atoms with Crippen LogP contribution in [0.2, 0.25) is 0 Å². The molecular formula is C11H12Br2IN2O3PS. The Labute approximate surface area is 156 Å². The molecule has 2 heterocycles. The molecule has 10 heteroatoms. The summed E-state index contributed by atoms with van der Waals surface area (Å²) in [6.07, 6.45) is 0.644. The van der Waals surface area contributed by atoms with E-state index in [4.69, 9.17) is 4.52 Å². The Morgan fingerprint density at radius 2 is 2.14 bits per heavy atom. The number of thiophene rings is 1. The van der Waals surface area contributed by atoms with Crippen LogP contribution < -0.4 is 11.2 Å². The van der Waals surface area contributed by atoms with Gasteiger partial charge in [-0.2, -0.15) is 0 Å². The molecule has 116 valence electrons. The van der Waals surface area contributed by atoms with Gasteiger partial charge in [0, 0.05) is 24.5 Å². The van der Waals surface area contributed by atoms with Crippen LogP contribution in [-0.2, 0) is 23.4 Å². The molecule has 21 heavy (non-hydrogen) atoms. The molecule has 1 atom stereocenters. The number of nitrogens with zero attached hydrogens (tertiary/aromatic N) is 2. The molecule has 0 bridgehead atoms. The summed E-state index contributed by atoms with van der Waals surface area (Å²) in [5.41, 5.74) is 0.398. The number of rotatable bonds is 6. The first-order chi connectivity index (χ1) is 10.0. The third kappa shape index (κ3) is 3.63. The van der Waals surface area contributed by atoms with Gasteiger partial charge in [0.25, 0.3) is 5.56 Å². The molecule has 0 spiro atoms. The van der Waals surface area contributed by atoms with Crippen molar-refractivity contribution in [3.8, 4) is 0 Å². The number of hydrogen-bond acceptors (Lipinski definition) is 4. The fourth-order valence-corrected chi connectivity index (χ4v) is 5.82. The molecule has 0 aliphatic rings. The Morgan fingerprint density at radius 3 is 2.76 bits per heavy atom. The lowest BCUT2D eigenvalue weighted by atomic mass is 10.2. The summed E-state index contributed by atoms with van der Waals surface area (Å²) in [5.74, 6) is 0. The summed E-state index contributed by atoms with van der Waals surface area (Å²) in [4.78, 5) is 25.7. The Bertz CT molecular complexity index is 773. The van der Waals surface area contributed by atoms with Gasteiger partial charge in [0.2, 0.25) is 0 Å². The summed E-state index contributed by atoms with van der Waals surface area (Å²) in [5, 5.41) is 1.18. The Balaban J connectivity index is 2.56. The van der Waals surface area contributed by atoms with Crippen molar-refractivity contribution < 1.29 is 4.52 Å². The van der Waals surface area contributed by atoms with Crippen molar-refractivity contribution in [1.29, 1.82) is 0 Å². The van der Waals surface area contributed by atoms with Gasteiger partial charge in [0.15, 0.2) is 0 Å². The van der Waals surface area contributed by atoms with Crippen LogP contribution in [0.4, 0.5) is 0 Å². The summed E-state index contributed by atoms with van der Waals surface area (Å²) in [6, 6.07) is 0. The lowest BCUT2D eigenvalue weighted by molar-refractivity contribution is 0.345. The van der Waals surface area contributed by atoms with Crippen LogP contribution in [0.1, 0.15) is 12.0 Å². The minimum atomic E-state index is -0.278. The van der Waals surface area contributed by atoms with Crippen LogP contribution in [0.3, 0.4) is 0 Å². The largest absolute Gasteiger partial charge is 0.352 e. The van der Waals surface area contributed by atoms with Gasteiger partial charge in [-0.3, -0.25) is 13.9 Å². The summed E-state index contributed by atoms with van der Waals surface area (Å²) >= 11 is 10.4. The van der Waals surface area contributed by atoms with E-state index in [1.54, 1.807) is 11.6 Å². The molecule has 0 aromatic carbocycles. The second-order valence-electron chi connectivity index (χ2n) is 4.25. The third-order valence-corrected chi connectivity index (χ3v) is 6.91. The fourth-order valence-electron chi connectivity index (χ4n) is 2.02. The van der Waals surface area contributed by atoms with Crippen LogP contribution in [-0.4, -0.2) is 15.7 Å². The number of halogens is 3. The lowest BCUT2D eigenvalue weighted by Crippen LogP contribution is -2.39. The molecule has 2 aromatic heterocycles. The first kappa shape index (κ1) is 18.1. The molecule has 0 amide bonds. The molecule has 0 aliphatic heterocycles. The first-order valence-corrected chi connectivity index (χ1v) is 12.7. The second-order valence-corrected chi connectivity index (χ2v) is 8.89. The molecule has 0 fully saturated rings. The number of alkyl halides is 1. The van der Waals surface area contributed by atoms with E-state index in [-0.39, 0.29) is 11.2 Å². The van der Waals surface area contributed by atoms with Crippen molar-refractivity contribution in [2.75, 3.05) is 6.61 Å². The Kier molecular flexibility index (Phi) is 6.89. The molecule has 2 aromatic rings. The molecule has 1 unspecified atom stereocenters. The summed E-state index contributed by atoms with van der Waals surface area (Å²) in [7, 11) is 1.70. The number of fused-ring (bicyclic) bond motifs is 1. The van der Waals surface area contributed by atoms with E-state index in [9.17, 15) is 9.59 Å². The van der Waals surface area contributed by atoms with E-state index in [0.717, 1.165) is 9.35 Å². The maximum atomic E-state index is 12.6. The highest BCUT2D eigenvalue weighted by Crippen LogP contribution is 2.34. The highest BCUT2D eigenvalue weighted by atomic mass is 127. The third-order valence-electron chi connectivity index (χ3n) is 3.04. The van der Waals surface area contributed by atoms with Crippen LogP contribution in [0.5, 0.6) is 0 Å². The zero-order valence-electron chi connectivity index (χ0n) is 11.0. The molecule has 2 rings (SSSR count). The van der Waals surface area contributed by atoms with E-state index >= 15 is 0 Å². The van der Waals surface area contributed by atoms with Gasteiger partial charge in [-0.15, -0.1) is 11.3 Å². The van der Waals surface area contributed by atoms with Gasteiger partial charge in [-0.05, 0) is 44.4 Å². The van der Waals surface area contributed by atoms with Gasteiger partial charge >= 0.3 is 5.69 Å². The lowest BCUT2D eigenvalue weighted by Gasteiger charge is -2.08. The van der Waals surface area contributed by atoms with Crippen molar-refractivity contribution in [1.82, 2.24) is 9.13 Å². The van der Waals surface area contributed by atoms with Crippen molar-refractivity contribution >= 4 is 81.9 Å². The standard InChI is InChI=1S/C11H12Br2IN2O3PS/c1-15-10-7(6(5-12)8(13)21-10)9(17)16(11(15)18)3-2-4-19-20-14/h20H,2-5H2,1H3. The molecule has 0 radical (unpaired) electrons. The van der Waals surface area contributed by atoms with Gasteiger partial charge in [-0.25, -0.2) is 4.79 Å². The van der Waals surface area contributed by atoms with Crippen molar-refractivity contribution in [2.45, 2.75) is 18.3 Å². The highest BCUT2D eigenvalue weighted by Gasteiger charge is 2.18. The molecule has 0 aliphatic carbocycles.